The summed E-state index contributed by atoms with van der Waals surface area (Å²) in [4.78, 5) is 16.5. The molecule has 0 saturated carbocycles. The third-order valence-electron chi connectivity index (χ3n) is 4.68. The molecule has 2 rings (SSSR count). The Morgan fingerprint density at radius 1 is 1.16 bits per heavy atom. The van der Waals surface area contributed by atoms with Crippen molar-refractivity contribution >= 4 is 12.1 Å². The van der Waals surface area contributed by atoms with Gasteiger partial charge in [-0.15, -0.1) is 0 Å². The summed E-state index contributed by atoms with van der Waals surface area (Å²) in [5.74, 6) is 0.901. The fourth-order valence-electron chi connectivity index (χ4n) is 2.97. The van der Waals surface area contributed by atoms with E-state index in [1.54, 1.807) is 13.2 Å². The fraction of sp³-hybridized carbons (Fsp3) is 0.522. The number of benzene rings is 1. The maximum atomic E-state index is 12.2. The van der Waals surface area contributed by atoms with E-state index in [2.05, 4.69) is 52.0 Å². The smallest absolute Gasteiger partial charge is 0.407 e. The van der Waals surface area contributed by atoms with Crippen molar-refractivity contribution in [3.63, 3.8) is 0 Å². The molecule has 0 spiro atoms. The molecule has 1 amide bonds. The van der Waals surface area contributed by atoms with Crippen LogP contribution in [-0.4, -0.2) is 47.1 Å². The van der Waals surface area contributed by atoms with Crippen LogP contribution in [0.2, 0.25) is 0 Å². The highest BCUT2D eigenvalue weighted by Gasteiger charge is 2.21. The molecular formula is C23H36N6O2. The van der Waals surface area contributed by atoms with Crippen molar-refractivity contribution in [2.75, 3.05) is 13.6 Å². The highest BCUT2D eigenvalue weighted by Crippen LogP contribution is 2.11. The molecule has 31 heavy (non-hydrogen) atoms. The van der Waals surface area contributed by atoms with Crippen molar-refractivity contribution in [1.82, 2.24) is 25.7 Å². The van der Waals surface area contributed by atoms with Crippen molar-refractivity contribution < 1.29 is 9.53 Å². The molecular weight excluding hydrogens is 392 g/mol. The second kappa shape index (κ2) is 11.4. The number of amides is 1. The van der Waals surface area contributed by atoms with Gasteiger partial charge in [0.05, 0.1) is 12.6 Å². The van der Waals surface area contributed by atoms with E-state index in [4.69, 9.17) is 4.74 Å². The summed E-state index contributed by atoms with van der Waals surface area (Å²) >= 11 is 0. The number of aliphatic imine (C=N–C) groups is 1. The lowest BCUT2D eigenvalue weighted by Gasteiger charge is -2.26. The van der Waals surface area contributed by atoms with Gasteiger partial charge in [0.15, 0.2) is 5.96 Å². The van der Waals surface area contributed by atoms with Crippen LogP contribution in [-0.2, 0) is 17.8 Å². The lowest BCUT2D eigenvalue weighted by molar-refractivity contribution is 0.0491. The summed E-state index contributed by atoms with van der Waals surface area (Å²) < 4.78 is 7.29. The van der Waals surface area contributed by atoms with Gasteiger partial charge in [-0.05, 0) is 43.9 Å². The number of carbonyl (C=O) groups is 1. The maximum Gasteiger partial charge on any atom is 0.407 e. The minimum atomic E-state index is -0.528. The van der Waals surface area contributed by atoms with Crippen LogP contribution in [0.4, 0.5) is 4.79 Å². The Labute approximate surface area is 185 Å². The van der Waals surface area contributed by atoms with Crippen molar-refractivity contribution in [2.24, 2.45) is 10.9 Å². The van der Waals surface area contributed by atoms with Gasteiger partial charge in [-0.25, -0.2) is 4.79 Å². The van der Waals surface area contributed by atoms with Crippen LogP contribution in [0.15, 0.2) is 47.7 Å². The Morgan fingerprint density at radius 2 is 1.87 bits per heavy atom. The number of guanidine groups is 1. The first kappa shape index (κ1) is 24.2. The molecule has 0 fully saturated rings. The third-order valence-corrected chi connectivity index (χ3v) is 4.68. The number of aromatic nitrogens is 2. The highest BCUT2D eigenvalue weighted by molar-refractivity contribution is 5.79. The minimum Gasteiger partial charge on any atom is -0.444 e. The lowest BCUT2D eigenvalue weighted by atomic mass is 10.0. The zero-order valence-corrected chi connectivity index (χ0v) is 19.5. The molecule has 0 aliphatic heterocycles. The van der Waals surface area contributed by atoms with E-state index >= 15 is 0 Å². The summed E-state index contributed by atoms with van der Waals surface area (Å²) in [6.07, 6.45) is 3.32. The average Bonchev–Trinajstić information content (AvgIpc) is 3.19. The van der Waals surface area contributed by atoms with Gasteiger partial charge >= 0.3 is 6.09 Å². The summed E-state index contributed by atoms with van der Waals surface area (Å²) in [5.41, 5.74) is 1.84. The molecule has 170 valence electrons. The van der Waals surface area contributed by atoms with Crippen LogP contribution in [0.3, 0.4) is 0 Å². The van der Waals surface area contributed by atoms with Gasteiger partial charge in [-0.2, -0.15) is 5.10 Å². The van der Waals surface area contributed by atoms with E-state index in [9.17, 15) is 4.79 Å². The lowest BCUT2D eigenvalue weighted by Crippen LogP contribution is -2.50. The first-order valence-corrected chi connectivity index (χ1v) is 10.7. The average molecular weight is 429 g/mol. The fourth-order valence-corrected chi connectivity index (χ4v) is 2.97. The first-order valence-electron chi connectivity index (χ1n) is 10.7. The van der Waals surface area contributed by atoms with E-state index in [0.29, 0.717) is 25.6 Å². The second-order valence-electron chi connectivity index (χ2n) is 8.78. The number of ether oxygens (including phenoxy) is 1. The van der Waals surface area contributed by atoms with Gasteiger partial charge in [0.1, 0.15) is 5.60 Å². The van der Waals surface area contributed by atoms with Crippen LogP contribution < -0.4 is 16.0 Å². The summed E-state index contributed by atoms with van der Waals surface area (Å²) in [6.45, 7) is 11.6. The molecule has 3 N–H and O–H groups in total. The van der Waals surface area contributed by atoms with Crippen LogP contribution in [0.25, 0.3) is 0 Å². The maximum absolute atomic E-state index is 12.2. The van der Waals surface area contributed by atoms with Crippen LogP contribution in [0.5, 0.6) is 0 Å². The van der Waals surface area contributed by atoms with Crippen LogP contribution in [0.1, 0.15) is 45.7 Å². The van der Waals surface area contributed by atoms with E-state index < -0.39 is 11.7 Å². The van der Waals surface area contributed by atoms with Crippen molar-refractivity contribution in [3.05, 3.63) is 53.9 Å². The number of nitrogens with zero attached hydrogens (tertiary/aromatic N) is 3. The van der Waals surface area contributed by atoms with Gasteiger partial charge in [0.25, 0.3) is 0 Å². The molecule has 1 heterocycles. The molecule has 8 heteroatoms. The van der Waals surface area contributed by atoms with Crippen molar-refractivity contribution in [1.29, 1.82) is 0 Å². The summed E-state index contributed by atoms with van der Waals surface area (Å²) in [5, 5.41) is 13.9. The SMILES string of the molecule is CN=C(NCc1ccccc1Cn1cccn1)NCC(NC(=O)OC(C)(C)C)C(C)C. The molecule has 1 aromatic heterocycles. The molecule has 1 aromatic carbocycles. The normalized spacial score (nSPS) is 13.1. The molecule has 0 aliphatic rings. The van der Waals surface area contributed by atoms with Crippen molar-refractivity contribution in [2.45, 2.75) is 59.4 Å². The van der Waals surface area contributed by atoms with E-state index in [-0.39, 0.29) is 12.0 Å². The molecule has 8 nitrogen and oxygen atoms in total. The molecule has 0 aliphatic carbocycles. The molecule has 0 saturated heterocycles. The van der Waals surface area contributed by atoms with Crippen molar-refractivity contribution in [3.8, 4) is 0 Å². The van der Waals surface area contributed by atoms with Gasteiger partial charge in [-0.3, -0.25) is 9.67 Å². The quantitative estimate of drug-likeness (QED) is 0.444. The van der Waals surface area contributed by atoms with Gasteiger partial charge in [0.2, 0.25) is 0 Å². The van der Waals surface area contributed by atoms with Gasteiger partial charge < -0.3 is 20.7 Å². The zero-order valence-electron chi connectivity index (χ0n) is 19.5. The summed E-state index contributed by atoms with van der Waals surface area (Å²) in [7, 11) is 1.73. The highest BCUT2D eigenvalue weighted by atomic mass is 16.6. The largest absolute Gasteiger partial charge is 0.444 e. The second-order valence-corrected chi connectivity index (χ2v) is 8.78. The monoisotopic (exact) mass is 428 g/mol. The topological polar surface area (TPSA) is 92.6 Å². The number of nitrogens with one attached hydrogen (secondary N) is 3. The van der Waals surface area contributed by atoms with E-state index in [1.165, 1.54) is 11.1 Å². The third kappa shape index (κ3) is 8.70. The van der Waals surface area contributed by atoms with E-state index in [1.807, 2.05) is 49.8 Å². The minimum absolute atomic E-state index is 0.0968. The molecule has 0 radical (unpaired) electrons. The number of rotatable bonds is 8. The number of alkyl carbamates (subject to hydrolysis) is 1. The van der Waals surface area contributed by atoms with Crippen LogP contribution >= 0.6 is 0 Å². The zero-order chi connectivity index (χ0) is 22.9. The molecule has 2 aromatic rings. The predicted octanol–water partition coefficient (Wildman–Crippen LogP) is 3.15. The Bertz CT molecular complexity index is 840. The summed E-state index contributed by atoms with van der Waals surface area (Å²) in [6, 6.07) is 10.1. The number of hydrogen-bond donors (Lipinski definition) is 3. The van der Waals surface area contributed by atoms with Crippen LogP contribution in [0, 0.1) is 5.92 Å². The molecule has 1 atom stereocenters. The Balaban J connectivity index is 1.91. The number of hydrogen-bond acceptors (Lipinski definition) is 4. The van der Waals surface area contributed by atoms with E-state index in [0.717, 1.165) is 0 Å². The predicted molar refractivity (Wildman–Crippen MR) is 124 cm³/mol. The Kier molecular flexibility index (Phi) is 8.90. The molecule has 1 unspecified atom stereocenters. The van der Waals surface area contributed by atoms with Gasteiger partial charge in [-0.1, -0.05) is 38.1 Å². The standard InChI is InChI=1S/C23H36N6O2/c1-17(2)20(28-22(30)31-23(3,4)5)15-26-21(24-6)25-14-18-10-7-8-11-19(18)16-29-13-9-12-27-29/h7-13,17,20H,14-16H2,1-6H3,(H,28,30)(H2,24,25,26). The van der Waals surface area contributed by atoms with Gasteiger partial charge in [0, 0.05) is 32.5 Å². The Hall–Kier alpha value is -3.03. The Morgan fingerprint density at radius 3 is 2.45 bits per heavy atom. The first-order chi connectivity index (χ1) is 14.7. The molecule has 0 bridgehead atoms. The number of carbonyl (C=O) groups excluding carboxylic acids is 1.